The van der Waals surface area contributed by atoms with Crippen LogP contribution in [0.5, 0.6) is 0 Å². The first-order chi connectivity index (χ1) is 9.06. The third kappa shape index (κ3) is 4.54. The predicted molar refractivity (Wildman–Crippen MR) is 86.0 cm³/mol. The minimum absolute atomic E-state index is 0.370. The van der Waals surface area contributed by atoms with E-state index in [-0.39, 0.29) is 0 Å². The molecule has 0 aliphatic carbocycles. The molecule has 1 aromatic carbocycles. The smallest absolute Gasteiger partial charge is 0.0366 e. The Labute approximate surface area is 119 Å². The van der Waals surface area contributed by atoms with Crippen LogP contribution in [0.4, 0.5) is 5.69 Å². The standard InChI is InChI=1S/C17H30N2/c1-6-17(7-2,13-18-8-3)14-19(5)16-11-9-10-15(4)12-16/h9-12,18H,6-8,13-14H2,1-5H3. The zero-order chi connectivity index (χ0) is 14.3. The Morgan fingerprint density at radius 1 is 1.16 bits per heavy atom. The molecule has 2 nitrogen and oxygen atoms in total. The topological polar surface area (TPSA) is 15.3 Å². The molecule has 0 saturated carbocycles. The van der Waals surface area contributed by atoms with Crippen LogP contribution in [0.25, 0.3) is 0 Å². The van der Waals surface area contributed by atoms with E-state index >= 15 is 0 Å². The van der Waals surface area contributed by atoms with Crippen LogP contribution in [-0.4, -0.2) is 26.7 Å². The van der Waals surface area contributed by atoms with Crippen LogP contribution in [0.15, 0.2) is 24.3 Å². The van der Waals surface area contributed by atoms with Crippen molar-refractivity contribution in [1.82, 2.24) is 5.32 Å². The Morgan fingerprint density at radius 2 is 1.84 bits per heavy atom. The van der Waals surface area contributed by atoms with E-state index < -0.39 is 0 Å². The molecule has 0 bridgehead atoms. The summed E-state index contributed by atoms with van der Waals surface area (Å²) in [7, 11) is 2.21. The minimum Gasteiger partial charge on any atom is -0.374 e. The molecule has 0 radical (unpaired) electrons. The van der Waals surface area contributed by atoms with Crippen molar-refractivity contribution in [3.05, 3.63) is 29.8 Å². The molecule has 0 spiro atoms. The lowest BCUT2D eigenvalue weighted by Crippen LogP contribution is -2.42. The van der Waals surface area contributed by atoms with Crippen molar-refractivity contribution in [2.45, 2.75) is 40.5 Å². The third-order valence-electron chi connectivity index (χ3n) is 4.27. The average Bonchev–Trinajstić information content (AvgIpc) is 2.43. The fourth-order valence-corrected chi connectivity index (χ4v) is 2.63. The lowest BCUT2D eigenvalue weighted by Gasteiger charge is -2.37. The first kappa shape index (κ1) is 16.0. The van der Waals surface area contributed by atoms with Crippen LogP contribution in [0.3, 0.4) is 0 Å². The molecular weight excluding hydrogens is 232 g/mol. The highest BCUT2D eigenvalue weighted by molar-refractivity contribution is 5.47. The van der Waals surface area contributed by atoms with E-state index in [0.717, 1.165) is 19.6 Å². The van der Waals surface area contributed by atoms with Gasteiger partial charge in [-0.05, 0) is 49.4 Å². The molecule has 19 heavy (non-hydrogen) atoms. The zero-order valence-corrected chi connectivity index (χ0v) is 13.3. The number of benzene rings is 1. The predicted octanol–water partition coefficient (Wildman–Crippen LogP) is 3.85. The quantitative estimate of drug-likeness (QED) is 0.765. The maximum atomic E-state index is 3.53. The third-order valence-corrected chi connectivity index (χ3v) is 4.27. The molecule has 108 valence electrons. The Bertz CT molecular complexity index is 369. The summed E-state index contributed by atoms with van der Waals surface area (Å²) in [5.41, 5.74) is 3.02. The molecule has 0 aromatic heterocycles. The largest absolute Gasteiger partial charge is 0.374 e. The number of aryl methyl sites for hydroxylation is 1. The average molecular weight is 262 g/mol. The highest BCUT2D eigenvalue weighted by Gasteiger charge is 2.27. The molecule has 0 unspecified atom stereocenters. The van der Waals surface area contributed by atoms with Crippen LogP contribution in [0, 0.1) is 12.3 Å². The van der Waals surface area contributed by atoms with Gasteiger partial charge in [0.1, 0.15) is 0 Å². The number of nitrogens with zero attached hydrogens (tertiary/aromatic N) is 1. The van der Waals surface area contributed by atoms with Gasteiger partial charge in [0.05, 0.1) is 0 Å². The summed E-state index contributed by atoms with van der Waals surface area (Å²) in [4.78, 5) is 2.40. The molecule has 0 saturated heterocycles. The van der Waals surface area contributed by atoms with Crippen LogP contribution >= 0.6 is 0 Å². The van der Waals surface area contributed by atoms with Crippen LogP contribution in [0.1, 0.15) is 39.2 Å². The molecule has 2 heteroatoms. The number of hydrogen-bond acceptors (Lipinski definition) is 2. The van der Waals surface area contributed by atoms with E-state index in [0.29, 0.717) is 5.41 Å². The van der Waals surface area contributed by atoms with E-state index in [2.05, 4.69) is 69.2 Å². The molecule has 0 aliphatic heterocycles. The maximum absolute atomic E-state index is 3.53. The lowest BCUT2D eigenvalue weighted by atomic mass is 9.81. The fourth-order valence-electron chi connectivity index (χ4n) is 2.63. The van der Waals surface area contributed by atoms with E-state index in [1.165, 1.54) is 24.1 Å². The molecule has 1 N–H and O–H groups in total. The van der Waals surface area contributed by atoms with E-state index in [1.807, 2.05) is 0 Å². The van der Waals surface area contributed by atoms with Crippen LogP contribution in [-0.2, 0) is 0 Å². The van der Waals surface area contributed by atoms with Gasteiger partial charge in [0.2, 0.25) is 0 Å². The molecule has 0 atom stereocenters. The first-order valence-corrected chi connectivity index (χ1v) is 7.55. The van der Waals surface area contributed by atoms with Gasteiger partial charge in [0.15, 0.2) is 0 Å². The molecule has 0 heterocycles. The molecular formula is C17H30N2. The fraction of sp³-hybridized carbons (Fsp3) is 0.647. The molecule has 1 rings (SSSR count). The van der Waals surface area contributed by atoms with Gasteiger partial charge in [-0.2, -0.15) is 0 Å². The van der Waals surface area contributed by atoms with Gasteiger partial charge < -0.3 is 10.2 Å². The summed E-state index contributed by atoms with van der Waals surface area (Å²) in [6.45, 7) is 12.2. The van der Waals surface area contributed by atoms with Gasteiger partial charge in [-0.15, -0.1) is 0 Å². The number of rotatable bonds is 8. The van der Waals surface area contributed by atoms with Gasteiger partial charge in [-0.1, -0.05) is 32.9 Å². The van der Waals surface area contributed by atoms with Gasteiger partial charge in [0.25, 0.3) is 0 Å². The van der Waals surface area contributed by atoms with Crippen molar-refractivity contribution >= 4 is 5.69 Å². The lowest BCUT2D eigenvalue weighted by molar-refractivity contribution is 0.258. The minimum atomic E-state index is 0.370. The summed E-state index contributed by atoms with van der Waals surface area (Å²) in [5.74, 6) is 0. The van der Waals surface area contributed by atoms with Crippen molar-refractivity contribution in [1.29, 1.82) is 0 Å². The highest BCUT2D eigenvalue weighted by Crippen LogP contribution is 2.28. The summed E-state index contributed by atoms with van der Waals surface area (Å²) in [6.07, 6.45) is 2.43. The maximum Gasteiger partial charge on any atom is 0.0366 e. The molecule has 0 fully saturated rings. The summed E-state index contributed by atoms with van der Waals surface area (Å²) < 4.78 is 0. The Hall–Kier alpha value is -1.02. The van der Waals surface area contributed by atoms with Gasteiger partial charge in [-0.25, -0.2) is 0 Å². The monoisotopic (exact) mass is 262 g/mol. The SMILES string of the molecule is CCNCC(CC)(CC)CN(C)c1cccc(C)c1. The van der Waals surface area contributed by atoms with Gasteiger partial charge in [0, 0.05) is 25.8 Å². The number of anilines is 1. The normalized spacial score (nSPS) is 11.6. The summed E-state index contributed by atoms with van der Waals surface area (Å²) >= 11 is 0. The zero-order valence-electron chi connectivity index (χ0n) is 13.3. The first-order valence-electron chi connectivity index (χ1n) is 7.55. The number of hydrogen-bond donors (Lipinski definition) is 1. The second-order valence-corrected chi connectivity index (χ2v) is 5.68. The highest BCUT2D eigenvalue weighted by atomic mass is 15.1. The Morgan fingerprint density at radius 3 is 2.37 bits per heavy atom. The second-order valence-electron chi connectivity index (χ2n) is 5.68. The van der Waals surface area contributed by atoms with E-state index in [9.17, 15) is 0 Å². The van der Waals surface area contributed by atoms with E-state index in [4.69, 9.17) is 0 Å². The van der Waals surface area contributed by atoms with E-state index in [1.54, 1.807) is 0 Å². The molecule has 0 amide bonds. The Kier molecular flexibility index (Phi) is 6.36. The van der Waals surface area contributed by atoms with Gasteiger partial charge >= 0.3 is 0 Å². The number of nitrogens with one attached hydrogen (secondary N) is 1. The van der Waals surface area contributed by atoms with Crippen LogP contribution in [0.2, 0.25) is 0 Å². The van der Waals surface area contributed by atoms with Crippen molar-refractivity contribution in [2.24, 2.45) is 5.41 Å². The van der Waals surface area contributed by atoms with Gasteiger partial charge in [-0.3, -0.25) is 0 Å². The second kappa shape index (κ2) is 7.54. The van der Waals surface area contributed by atoms with Crippen molar-refractivity contribution in [3.63, 3.8) is 0 Å². The van der Waals surface area contributed by atoms with Crippen LogP contribution < -0.4 is 10.2 Å². The molecule has 0 aliphatic rings. The Balaban J connectivity index is 2.78. The van der Waals surface area contributed by atoms with Crippen molar-refractivity contribution < 1.29 is 0 Å². The summed E-state index contributed by atoms with van der Waals surface area (Å²) in [5, 5.41) is 3.53. The van der Waals surface area contributed by atoms with Crippen molar-refractivity contribution in [3.8, 4) is 0 Å². The van der Waals surface area contributed by atoms with Crippen molar-refractivity contribution in [2.75, 3.05) is 31.6 Å². The molecule has 1 aromatic rings. The summed E-state index contributed by atoms with van der Waals surface area (Å²) in [6, 6.07) is 8.77.